The molecule has 0 bridgehead atoms. The highest BCUT2D eigenvalue weighted by molar-refractivity contribution is 5.97. The van der Waals surface area contributed by atoms with Crippen LogP contribution in [0.4, 0.5) is 0 Å². The molecule has 1 aromatic rings. The van der Waals surface area contributed by atoms with Crippen molar-refractivity contribution in [1.29, 1.82) is 0 Å². The molecular weight excluding hydrogens is 254 g/mol. The van der Waals surface area contributed by atoms with E-state index in [4.69, 9.17) is 9.47 Å². The minimum Gasteiger partial charge on any atom is -0.497 e. The van der Waals surface area contributed by atoms with Crippen LogP contribution < -0.4 is 9.47 Å². The van der Waals surface area contributed by atoms with Crippen molar-refractivity contribution in [3.05, 3.63) is 23.8 Å². The van der Waals surface area contributed by atoms with Crippen molar-refractivity contribution in [3.63, 3.8) is 0 Å². The van der Waals surface area contributed by atoms with Crippen LogP contribution in [0.2, 0.25) is 0 Å². The van der Waals surface area contributed by atoms with Gasteiger partial charge in [-0.25, -0.2) is 0 Å². The van der Waals surface area contributed by atoms with Crippen LogP contribution in [0.1, 0.15) is 43.5 Å². The maximum atomic E-state index is 12.8. The predicted molar refractivity (Wildman–Crippen MR) is 78.5 cm³/mol. The third kappa shape index (κ3) is 2.74. The highest BCUT2D eigenvalue weighted by Crippen LogP contribution is 2.30. The Labute approximate surface area is 120 Å². The van der Waals surface area contributed by atoms with E-state index in [0.717, 1.165) is 12.8 Å². The Morgan fingerprint density at radius 2 is 1.80 bits per heavy atom. The SMILES string of the molecule is COc1ccc(C(=O)N2C(C)CCCC2C)c(OC)c1. The van der Waals surface area contributed by atoms with Crippen molar-refractivity contribution in [3.8, 4) is 11.5 Å². The molecule has 1 fully saturated rings. The summed E-state index contributed by atoms with van der Waals surface area (Å²) in [5.74, 6) is 1.31. The fourth-order valence-corrected chi connectivity index (χ4v) is 2.94. The highest BCUT2D eigenvalue weighted by atomic mass is 16.5. The van der Waals surface area contributed by atoms with Crippen LogP contribution in [0.3, 0.4) is 0 Å². The van der Waals surface area contributed by atoms with Gasteiger partial charge in [0.15, 0.2) is 0 Å². The number of carbonyl (C=O) groups is 1. The molecule has 2 atom stereocenters. The van der Waals surface area contributed by atoms with Crippen molar-refractivity contribution in [1.82, 2.24) is 4.90 Å². The molecule has 20 heavy (non-hydrogen) atoms. The van der Waals surface area contributed by atoms with Gasteiger partial charge in [0.25, 0.3) is 5.91 Å². The molecule has 1 aliphatic heterocycles. The van der Waals surface area contributed by atoms with Gasteiger partial charge in [-0.05, 0) is 45.2 Å². The van der Waals surface area contributed by atoms with E-state index in [0.29, 0.717) is 17.1 Å². The number of carbonyl (C=O) groups excluding carboxylic acids is 1. The average molecular weight is 277 g/mol. The molecule has 0 spiro atoms. The van der Waals surface area contributed by atoms with Gasteiger partial charge in [0.2, 0.25) is 0 Å². The quantitative estimate of drug-likeness (QED) is 0.852. The van der Waals surface area contributed by atoms with E-state index in [1.807, 2.05) is 4.90 Å². The van der Waals surface area contributed by atoms with Gasteiger partial charge in [-0.15, -0.1) is 0 Å². The molecule has 4 nitrogen and oxygen atoms in total. The first-order valence-electron chi connectivity index (χ1n) is 7.13. The second-order valence-corrected chi connectivity index (χ2v) is 5.41. The van der Waals surface area contributed by atoms with Crippen molar-refractivity contribution < 1.29 is 14.3 Å². The summed E-state index contributed by atoms with van der Waals surface area (Å²) in [7, 11) is 3.18. The van der Waals surface area contributed by atoms with Crippen LogP contribution in [0.5, 0.6) is 11.5 Å². The first-order valence-corrected chi connectivity index (χ1v) is 7.13. The fraction of sp³-hybridized carbons (Fsp3) is 0.562. The molecule has 4 heteroatoms. The van der Waals surface area contributed by atoms with E-state index in [9.17, 15) is 4.79 Å². The van der Waals surface area contributed by atoms with E-state index in [1.54, 1.807) is 32.4 Å². The molecule has 0 aromatic heterocycles. The number of nitrogens with zero attached hydrogens (tertiary/aromatic N) is 1. The van der Waals surface area contributed by atoms with Gasteiger partial charge in [-0.2, -0.15) is 0 Å². The number of ether oxygens (including phenoxy) is 2. The minimum absolute atomic E-state index is 0.0456. The summed E-state index contributed by atoms with van der Waals surface area (Å²) in [6.45, 7) is 4.23. The fourth-order valence-electron chi connectivity index (χ4n) is 2.94. The number of amides is 1. The van der Waals surface area contributed by atoms with Crippen molar-refractivity contribution in [2.75, 3.05) is 14.2 Å². The topological polar surface area (TPSA) is 38.8 Å². The maximum Gasteiger partial charge on any atom is 0.258 e. The number of hydrogen-bond acceptors (Lipinski definition) is 3. The molecule has 1 amide bonds. The molecule has 1 aliphatic rings. The Morgan fingerprint density at radius 3 is 2.35 bits per heavy atom. The van der Waals surface area contributed by atoms with E-state index in [2.05, 4.69) is 13.8 Å². The first kappa shape index (κ1) is 14.7. The Hall–Kier alpha value is -1.71. The van der Waals surface area contributed by atoms with Crippen LogP contribution in [0.15, 0.2) is 18.2 Å². The van der Waals surface area contributed by atoms with Crippen molar-refractivity contribution in [2.45, 2.75) is 45.2 Å². The number of rotatable bonds is 3. The van der Waals surface area contributed by atoms with E-state index < -0.39 is 0 Å². The predicted octanol–water partition coefficient (Wildman–Crippen LogP) is 3.11. The summed E-state index contributed by atoms with van der Waals surface area (Å²) >= 11 is 0. The summed E-state index contributed by atoms with van der Waals surface area (Å²) in [5, 5.41) is 0. The molecular formula is C16H23NO3. The Morgan fingerprint density at radius 1 is 1.15 bits per heavy atom. The Kier molecular flexibility index (Phi) is 4.53. The van der Waals surface area contributed by atoms with Gasteiger partial charge in [0.05, 0.1) is 19.8 Å². The van der Waals surface area contributed by atoms with Gasteiger partial charge < -0.3 is 14.4 Å². The van der Waals surface area contributed by atoms with Crippen molar-refractivity contribution >= 4 is 5.91 Å². The van der Waals surface area contributed by atoms with Gasteiger partial charge in [-0.1, -0.05) is 0 Å². The largest absolute Gasteiger partial charge is 0.497 e. The van der Waals surface area contributed by atoms with Crippen LogP contribution in [-0.2, 0) is 0 Å². The standard InChI is InChI=1S/C16H23NO3/c1-11-6-5-7-12(2)17(11)16(18)14-9-8-13(19-3)10-15(14)20-4/h8-12H,5-7H2,1-4H3. The molecule has 2 unspecified atom stereocenters. The van der Waals surface area contributed by atoms with Crippen LogP contribution in [0, 0.1) is 0 Å². The van der Waals surface area contributed by atoms with Crippen LogP contribution in [-0.4, -0.2) is 37.1 Å². The lowest BCUT2D eigenvalue weighted by Crippen LogP contribution is -2.47. The van der Waals surface area contributed by atoms with E-state index in [-0.39, 0.29) is 18.0 Å². The van der Waals surface area contributed by atoms with E-state index >= 15 is 0 Å². The lowest BCUT2D eigenvalue weighted by molar-refractivity contribution is 0.0507. The maximum absolute atomic E-state index is 12.8. The van der Waals surface area contributed by atoms with Gasteiger partial charge >= 0.3 is 0 Å². The normalized spacial score (nSPS) is 22.5. The first-order chi connectivity index (χ1) is 9.58. The molecule has 110 valence electrons. The van der Waals surface area contributed by atoms with E-state index in [1.165, 1.54) is 6.42 Å². The highest BCUT2D eigenvalue weighted by Gasteiger charge is 2.31. The molecule has 0 radical (unpaired) electrons. The molecule has 1 saturated heterocycles. The molecule has 0 saturated carbocycles. The third-order valence-electron chi connectivity index (χ3n) is 4.07. The molecule has 0 N–H and O–H groups in total. The zero-order valence-electron chi connectivity index (χ0n) is 12.7. The molecule has 1 aromatic carbocycles. The Balaban J connectivity index is 2.32. The summed E-state index contributed by atoms with van der Waals surface area (Å²) in [5.41, 5.74) is 0.605. The molecule has 1 heterocycles. The zero-order valence-corrected chi connectivity index (χ0v) is 12.7. The van der Waals surface area contributed by atoms with Gasteiger partial charge in [0, 0.05) is 18.2 Å². The molecule has 0 aliphatic carbocycles. The summed E-state index contributed by atoms with van der Waals surface area (Å²) in [6, 6.07) is 5.89. The summed E-state index contributed by atoms with van der Waals surface area (Å²) in [4.78, 5) is 14.8. The van der Waals surface area contributed by atoms with Crippen LogP contribution >= 0.6 is 0 Å². The third-order valence-corrected chi connectivity index (χ3v) is 4.07. The number of methoxy groups -OCH3 is 2. The number of hydrogen-bond donors (Lipinski definition) is 0. The average Bonchev–Trinajstić information content (AvgIpc) is 2.46. The second-order valence-electron chi connectivity index (χ2n) is 5.41. The monoisotopic (exact) mass is 277 g/mol. The van der Waals surface area contributed by atoms with Crippen molar-refractivity contribution in [2.24, 2.45) is 0 Å². The lowest BCUT2D eigenvalue weighted by Gasteiger charge is -2.39. The Bertz CT molecular complexity index is 477. The van der Waals surface area contributed by atoms with Crippen LogP contribution in [0.25, 0.3) is 0 Å². The minimum atomic E-state index is 0.0456. The number of likely N-dealkylation sites (tertiary alicyclic amines) is 1. The smallest absolute Gasteiger partial charge is 0.258 e. The second kappa shape index (κ2) is 6.16. The zero-order chi connectivity index (χ0) is 14.7. The number of piperidine rings is 1. The number of benzene rings is 1. The molecule has 2 rings (SSSR count). The van der Waals surface area contributed by atoms with Gasteiger partial charge in [-0.3, -0.25) is 4.79 Å². The summed E-state index contributed by atoms with van der Waals surface area (Å²) in [6.07, 6.45) is 3.31. The lowest BCUT2D eigenvalue weighted by atomic mass is 9.96. The van der Waals surface area contributed by atoms with Gasteiger partial charge in [0.1, 0.15) is 11.5 Å². The summed E-state index contributed by atoms with van der Waals surface area (Å²) < 4.78 is 10.5.